The van der Waals surface area contributed by atoms with Crippen LogP contribution in [0.25, 0.3) is 6.08 Å². The summed E-state index contributed by atoms with van der Waals surface area (Å²) in [6.07, 6.45) is 6.18. The van der Waals surface area contributed by atoms with E-state index in [-0.39, 0.29) is 23.0 Å². The molecule has 0 aliphatic rings. The van der Waals surface area contributed by atoms with Crippen molar-refractivity contribution in [3.8, 4) is 17.2 Å². The molecule has 4 heteroatoms. The Kier molecular flexibility index (Phi) is 4.41. The summed E-state index contributed by atoms with van der Waals surface area (Å²) in [5.74, 6) is -0.125. The summed E-state index contributed by atoms with van der Waals surface area (Å²) in [6, 6.07) is 10.2. The summed E-state index contributed by atoms with van der Waals surface area (Å²) in [5.41, 5.74) is 1.01. The Labute approximate surface area is 121 Å². The van der Waals surface area contributed by atoms with Crippen LogP contribution < -0.4 is 0 Å². The quantitative estimate of drug-likeness (QED) is 0.457. The van der Waals surface area contributed by atoms with E-state index >= 15 is 0 Å². The van der Waals surface area contributed by atoms with Gasteiger partial charge in [0.2, 0.25) is 0 Å². The number of phenolic OH excluding ortho intramolecular Hbond substituents is 3. The fourth-order valence-electron chi connectivity index (χ4n) is 1.70. The standard InChI is InChI=1S/C17H14O4/c18-14-8-5-13(6-9-14)16(20)4-2-1-3-12-7-10-15(19)11-17(12)21/h1-11,18-19,21H/b3-1+,4-2+. The number of ketones is 1. The average molecular weight is 282 g/mol. The van der Waals surface area contributed by atoms with Crippen molar-refractivity contribution in [3.63, 3.8) is 0 Å². The van der Waals surface area contributed by atoms with Crippen LogP contribution in [-0.4, -0.2) is 21.1 Å². The molecule has 106 valence electrons. The monoisotopic (exact) mass is 282 g/mol. The van der Waals surface area contributed by atoms with Crippen LogP contribution in [0.15, 0.2) is 60.7 Å². The first-order chi connectivity index (χ1) is 10.1. The molecular weight excluding hydrogens is 268 g/mol. The van der Waals surface area contributed by atoms with E-state index in [1.807, 2.05) is 0 Å². The van der Waals surface area contributed by atoms with Crippen molar-refractivity contribution in [2.45, 2.75) is 0 Å². The van der Waals surface area contributed by atoms with Crippen molar-refractivity contribution in [2.24, 2.45) is 0 Å². The maximum atomic E-state index is 11.8. The van der Waals surface area contributed by atoms with Crippen molar-refractivity contribution in [3.05, 3.63) is 71.8 Å². The van der Waals surface area contributed by atoms with Gasteiger partial charge in [0.05, 0.1) is 0 Å². The summed E-state index contributed by atoms with van der Waals surface area (Å²) in [6.45, 7) is 0. The van der Waals surface area contributed by atoms with E-state index in [1.165, 1.54) is 42.5 Å². The second-order valence-electron chi connectivity index (χ2n) is 4.37. The molecule has 0 aromatic heterocycles. The van der Waals surface area contributed by atoms with Gasteiger partial charge in [-0.2, -0.15) is 0 Å². The zero-order valence-electron chi connectivity index (χ0n) is 11.1. The van der Waals surface area contributed by atoms with Gasteiger partial charge in [0.1, 0.15) is 17.2 Å². The van der Waals surface area contributed by atoms with Gasteiger partial charge in [-0.3, -0.25) is 4.79 Å². The van der Waals surface area contributed by atoms with Crippen molar-refractivity contribution < 1.29 is 20.1 Å². The number of benzene rings is 2. The van der Waals surface area contributed by atoms with Crippen LogP contribution in [0.3, 0.4) is 0 Å². The Morgan fingerprint density at radius 1 is 0.857 bits per heavy atom. The summed E-state index contributed by atoms with van der Waals surface area (Å²) in [7, 11) is 0. The maximum Gasteiger partial charge on any atom is 0.185 e. The predicted octanol–water partition coefficient (Wildman–Crippen LogP) is 3.26. The van der Waals surface area contributed by atoms with E-state index in [0.29, 0.717) is 11.1 Å². The highest BCUT2D eigenvalue weighted by atomic mass is 16.3. The zero-order chi connectivity index (χ0) is 15.2. The van der Waals surface area contributed by atoms with Gasteiger partial charge in [-0.05, 0) is 42.5 Å². The smallest absolute Gasteiger partial charge is 0.185 e. The van der Waals surface area contributed by atoms with E-state index in [9.17, 15) is 9.90 Å². The molecule has 2 aromatic rings. The Balaban J connectivity index is 2.03. The molecule has 2 aromatic carbocycles. The molecule has 0 saturated heterocycles. The van der Waals surface area contributed by atoms with E-state index in [2.05, 4.69) is 0 Å². The van der Waals surface area contributed by atoms with Gasteiger partial charge in [-0.1, -0.05) is 18.2 Å². The second-order valence-corrected chi connectivity index (χ2v) is 4.37. The van der Waals surface area contributed by atoms with E-state index in [4.69, 9.17) is 10.2 Å². The number of carbonyl (C=O) groups excluding carboxylic acids is 1. The lowest BCUT2D eigenvalue weighted by atomic mass is 10.1. The second kappa shape index (κ2) is 6.43. The highest BCUT2D eigenvalue weighted by Gasteiger charge is 2.00. The van der Waals surface area contributed by atoms with Crippen molar-refractivity contribution in [1.29, 1.82) is 0 Å². The van der Waals surface area contributed by atoms with Crippen LogP contribution in [0, 0.1) is 0 Å². The fourth-order valence-corrected chi connectivity index (χ4v) is 1.70. The Morgan fingerprint density at radius 2 is 1.52 bits per heavy atom. The third-order valence-corrected chi connectivity index (χ3v) is 2.80. The molecule has 0 spiro atoms. The van der Waals surface area contributed by atoms with Crippen LogP contribution in [0.4, 0.5) is 0 Å². The van der Waals surface area contributed by atoms with Gasteiger partial charge in [0, 0.05) is 17.2 Å². The number of rotatable bonds is 4. The lowest BCUT2D eigenvalue weighted by molar-refractivity contribution is 0.104. The normalized spacial score (nSPS) is 11.2. The SMILES string of the molecule is O=C(/C=C/C=C/c1ccc(O)cc1O)c1ccc(O)cc1. The van der Waals surface area contributed by atoms with Crippen molar-refractivity contribution in [2.75, 3.05) is 0 Å². The van der Waals surface area contributed by atoms with Gasteiger partial charge in [-0.15, -0.1) is 0 Å². The minimum atomic E-state index is -0.186. The molecule has 21 heavy (non-hydrogen) atoms. The fraction of sp³-hybridized carbons (Fsp3) is 0. The number of allylic oxidation sites excluding steroid dienone is 3. The number of phenols is 3. The van der Waals surface area contributed by atoms with Gasteiger partial charge < -0.3 is 15.3 Å². The van der Waals surface area contributed by atoms with Gasteiger partial charge in [-0.25, -0.2) is 0 Å². The largest absolute Gasteiger partial charge is 0.508 e. The first-order valence-corrected chi connectivity index (χ1v) is 6.26. The van der Waals surface area contributed by atoms with Crippen molar-refractivity contribution >= 4 is 11.9 Å². The number of hydrogen-bond acceptors (Lipinski definition) is 4. The zero-order valence-corrected chi connectivity index (χ0v) is 11.1. The lowest BCUT2D eigenvalue weighted by Gasteiger charge is -1.98. The van der Waals surface area contributed by atoms with Crippen LogP contribution in [-0.2, 0) is 0 Å². The molecule has 3 N–H and O–H groups in total. The molecule has 0 bridgehead atoms. The molecule has 0 unspecified atom stereocenters. The van der Waals surface area contributed by atoms with Gasteiger partial charge >= 0.3 is 0 Å². The Morgan fingerprint density at radius 3 is 2.19 bits per heavy atom. The molecule has 0 amide bonds. The highest BCUT2D eigenvalue weighted by molar-refractivity contribution is 6.04. The summed E-state index contributed by atoms with van der Waals surface area (Å²) in [4.78, 5) is 11.8. The molecule has 0 heterocycles. The average Bonchev–Trinajstić information content (AvgIpc) is 2.46. The molecule has 0 aliphatic heterocycles. The molecule has 0 saturated carbocycles. The minimum absolute atomic E-state index is 0.0114. The first-order valence-electron chi connectivity index (χ1n) is 6.26. The highest BCUT2D eigenvalue weighted by Crippen LogP contribution is 2.23. The number of hydrogen-bond donors (Lipinski definition) is 3. The maximum absolute atomic E-state index is 11.8. The number of carbonyl (C=O) groups is 1. The topological polar surface area (TPSA) is 77.8 Å². The summed E-state index contributed by atoms with van der Waals surface area (Å²) in [5, 5.41) is 27.9. The Bertz CT molecular complexity index is 697. The number of aromatic hydroxyl groups is 3. The summed E-state index contributed by atoms with van der Waals surface area (Å²) < 4.78 is 0. The van der Waals surface area contributed by atoms with Crippen molar-refractivity contribution in [1.82, 2.24) is 0 Å². The van der Waals surface area contributed by atoms with Crippen LogP contribution in [0.2, 0.25) is 0 Å². The third kappa shape index (κ3) is 3.98. The first kappa shape index (κ1) is 14.4. The van der Waals surface area contributed by atoms with Gasteiger partial charge in [0.15, 0.2) is 5.78 Å². The predicted molar refractivity (Wildman–Crippen MR) is 80.4 cm³/mol. The molecular formula is C17H14O4. The third-order valence-electron chi connectivity index (χ3n) is 2.80. The molecule has 0 radical (unpaired) electrons. The minimum Gasteiger partial charge on any atom is -0.508 e. The lowest BCUT2D eigenvalue weighted by Crippen LogP contribution is -1.92. The Hall–Kier alpha value is -3.01. The van der Waals surface area contributed by atoms with E-state index in [0.717, 1.165) is 0 Å². The van der Waals surface area contributed by atoms with Gasteiger partial charge in [0.25, 0.3) is 0 Å². The molecule has 0 atom stereocenters. The van der Waals surface area contributed by atoms with Crippen LogP contribution in [0.1, 0.15) is 15.9 Å². The van der Waals surface area contributed by atoms with Crippen LogP contribution >= 0.6 is 0 Å². The molecule has 2 rings (SSSR count). The molecule has 0 aliphatic carbocycles. The van der Waals surface area contributed by atoms with E-state index < -0.39 is 0 Å². The molecule has 4 nitrogen and oxygen atoms in total. The van der Waals surface area contributed by atoms with Crippen LogP contribution in [0.5, 0.6) is 17.2 Å². The molecule has 0 fully saturated rings. The van der Waals surface area contributed by atoms with E-state index in [1.54, 1.807) is 24.3 Å². The summed E-state index contributed by atoms with van der Waals surface area (Å²) >= 11 is 0.